The maximum Gasteiger partial charge on any atom is 0.416 e. The van der Waals surface area contributed by atoms with Crippen LogP contribution in [0.2, 0.25) is 0 Å². The van der Waals surface area contributed by atoms with Crippen LogP contribution >= 0.6 is 0 Å². The Bertz CT molecular complexity index is 1310. The first-order chi connectivity index (χ1) is 17.8. The van der Waals surface area contributed by atoms with Crippen molar-refractivity contribution in [3.8, 4) is 11.5 Å². The molecule has 10 heteroatoms. The second-order valence-electron chi connectivity index (χ2n) is 10.6. The van der Waals surface area contributed by atoms with Crippen molar-refractivity contribution in [3.63, 3.8) is 0 Å². The number of aromatic nitrogens is 2. The number of benzene rings is 2. The minimum Gasteiger partial charge on any atom is -0.493 e. The van der Waals surface area contributed by atoms with Gasteiger partial charge in [0.2, 0.25) is 0 Å². The third-order valence-electron chi connectivity index (χ3n) is 7.40. The standard InChI is InChI=1S/C28H36F3N5O2/c1-16(19-10-20(28(29,30)31)12-21(32)11-19)33-26-22-13-25(24(37-6)14-23(22)34-18(3)35-26)38-17(2)27(8-7-9-27)15-36(4)5/h10-14,16-17H,7-9,15,32H2,1-6H3,(H,33,34,35)/t16-,17+/m1/s1. The van der Waals surface area contributed by atoms with Crippen LogP contribution in [0.5, 0.6) is 11.5 Å². The lowest BCUT2D eigenvalue weighted by Crippen LogP contribution is -2.49. The van der Waals surface area contributed by atoms with Gasteiger partial charge in [0.25, 0.3) is 0 Å². The predicted octanol–water partition coefficient (Wildman–Crippen LogP) is 6.22. The van der Waals surface area contributed by atoms with Gasteiger partial charge in [-0.1, -0.05) is 6.42 Å². The van der Waals surface area contributed by atoms with Gasteiger partial charge in [-0.25, -0.2) is 9.97 Å². The highest BCUT2D eigenvalue weighted by Crippen LogP contribution is 2.47. The van der Waals surface area contributed by atoms with E-state index in [2.05, 4.69) is 41.2 Å². The first-order valence-electron chi connectivity index (χ1n) is 12.7. The van der Waals surface area contributed by atoms with Crippen molar-refractivity contribution in [2.75, 3.05) is 38.8 Å². The van der Waals surface area contributed by atoms with Crippen molar-refractivity contribution in [2.45, 2.75) is 58.4 Å². The van der Waals surface area contributed by atoms with Gasteiger partial charge in [-0.2, -0.15) is 13.2 Å². The molecule has 3 N–H and O–H groups in total. The predicted molar refractivity (Wildman–Crippen MR) is 144 cm³/mol. The third kappa shape index (κ3) is 5.75. The van der Waals surface area contributed by atoms with E-state index in [-0.39, 0.29) is 17.2 Å². The van der Waals surface area contributed by atoms with Crippen molar-refractivity contribution in [2.24, 2.45) is 5.41 Å². The summed E-state index contributed by atoms with van der Waals surface area (Å²) in [4.78, 5) is 11.3. The Morgan fingerprint density at radius 2 is 1.79 bits per heavy atom. The molecule has 1 saturated carbocycles. The summed E-state index contributed by atoms with van der Waals surface area (Å²) in [5.74, 6) is 2.14. The van der Waals surface area contributed by atoms with Crippen molar-refractivity contribution in [1.82, 2.24) is 14.9 Å². The fourth-order valence-electron chi connectivity index (χ4n) is 5.26. The number of methoxy groups -OCH3 is 1. The fraction of sp³-hybridized carbons (Fsp3) is 0.500. The number of hydrogen-bond acceptors (Lipinski definition) is 7. The lowest BCUT2D eigenvalue weighted by Gasteiger charge is -2.47. The van der Waals surface area contributed by atoms with E-state index in [1.165, 1.54) is 12.5 Å². The summed E-state index contributed by atoms with van der Waals surface area (Å²) in [7, 11) is 5.73. The third-order valence-corrected chi connectivity index (χ3v) is 7.40. The Morgan fingerprint density at radius 1 is 1.08 bits per heavy atom. The van der Waals surface area contributed by atoms with Gasteiger partial charge < -0.3 is 25.4 Å². The van der Waals surface area contributed by atoms with E-state index in [0.29, 0.717) is 39.6 Å². The van der Waals surface area contributed by atoms with Crippen LogP contribution in [0.1, 0.15) is 56.1 Å². The summed E-state index contributed by atoms with van der Waals surface area (Å²) in [6.07, 6.45) is -1.19. The first-order valence-corrected chi connectivity index (χ1v) is 12.7. The molecule has 0 unspecified atom stereocenters. The van der Waals surface area contributed by atoms with Gasteiger partial charge in [0.1, 0.15) is 17.7 Å². The molecule has 1 aromatic heterocycles. The largest absolute Gasteiger partial charge is 0.493 e. The molecule has 38 heavy (non-hydrogen) atoms. The van der Waals surface area contributed by atoms with E-state index in [1.807, 2.05) is 12.1 Å². The van der Waals surface area contributed by atoms with E-state index in [0.717, 1.165) is 31.5 Å². The molecular weight excluding hydrogens is 495 g/mol. The van der Waals surface area contributed by atoms with E-state index in [9.17, 15) is 13.2 Å². The van der Waals surface area contributed by atoms with Crippen molar-refractivity contribution in [1.29, 1.82) is 0 Å². The average Bonchev–Trinajstić information content (AvgIpc) is 2.80. The van der Waals surface area contributed by atoms with Crippen LogP contribution in [0.15, 0.2) is 30.3 Å². The van der Waals surface area contributed by atoms with Gasteiger partial charge in [-0.05, 0) is 77.5 Å². The van der Waals surface area contributed by atoms with Crippen molar-refractivity contribution >= 4 is 22.4 Å². The summed E-state index contributed by atoms with van der Waals surface area (Å²) in [6, 6.07) is 6.71. The zero-order valence-corrected chi connectivity index (χ0v) is 22.7. The highest BCUT2D eigenvalue weighted by Gasteiger charge is 2.44. The molecule has 0 aliphatic heterocycles. The lowest BCUT2D eigenvalue weighted by atomic mass is 9.65. The molecule has 206 valence electrons. The number of hydrogen-bond donors (Lipinski definition) is 2. The van der Waals surface area contributed by atoms with Gasteiger partial charge in [0.05, 0.1) is 24.2 Å². The molecular formula is C28H36F3N5O2. The quantitative estimate of drug-likeness (QED) is 0.317. The summed E-state index contributed by atoms with van der Waals surface area (Å²) >= 11 is 0. The molecule has 1 aliphatic carbocycles. The van der Waals surface area contributed by atoms with Crippen LogP contribution in [-0.4, -0.2) is 48.7 Å². The molecule has 0 amide bonds. The second-order valence-corrected chi connectivity index (χ2v) is 10.6. The molecule has 1 aliphatic rings. The second kappa shape index (κ2) is 10.5. The van der Waals surface area contributed by atoms with Crippen molar-refractivity contribution < 1.29 is 22.6 Å². The summed E-state index contributed by atoms with van der Waals surface area (Å²) in [5, 5.41) is 3.95. The topological polar surface area (TPSA) is 85.5 Å². The van der Waals surface area contributed by atoms with Crippen LogP contribution in [-0.2, 0) is 6.18 Å². The van der Waals surface area contributed by atoms with Crippen LogP contribution in [0.3, 0.4) is 0 Å². The molecule has 1 fully saturated rings. The SMILES string of the molecule is COc1cc2nc(C)nc(N[C@H](C)c3cc(N)cc(C(F)(F)F)c3)c2cc1O[C@@H](C)C1(CN(C)C)CCC1. The number of alkyl halides is 3. The highest BCUT2D eigenvalue weighted by molar-refractivity contribution is 5.92. The van der Waals surface area contributed by atoms with Crippen LogP contribution in [0, 0.1) is 12.3 Å². The molecule has 7 nitrogen and oxygen atoms in total. The van der Waals surface area contributed by atoms with Gasteiger partial charge >= 0.3 is 6.18 Å². The van der Waals surface area contributed by atoms with Crippen LogP contribution in [0.25, 0.3) is 10.9 Å². The summed E-state index contributed by atoms with van der Waals surface area (Å²) in [6.45, 7) is 6.55. The van der Waals surface area contributed by atoms with E-state index in [1.54, 1.807) is 21.0 Å². The number of halogens is 3. The molecule has 2 aromatic carbocycles. The minimum atomic E-state index is -4.49. The molecule has 0 bridgehead atoms. The number of anilines is 2. The number of fused-ring (bicyclic) bond motifs is 1. The maximum atomic E-state index is 13.4. The van der Waals surface area contributed by atoms with Crippen LogP contribution in [0.4, 0.5) is 24.7 Å². The number of nitrogen functional groups attached to an aromatic ring is 1. The molecule has 0 saturated heterocycles. The summed E-state index contributed by atoms with van der Waals surface area (Å²) in [5.41, 5.74) is 6.15. The molecule has 0 radical (unpaired) electrons. The Balaban J connectivity index is 1.70. The van der Waals surface area contributed by atoms with Gasteiger partial charge in [-0.3, -0.25) is 0 Å². The highest BCUT2D eigenvalue weighted by atomic mass is 19.4. The Hall–Kier alpha value is -3.27. The van der Waals surface area contributed by atoms with Crippen LogP contribution < -0.4 is 20.5 Å². The van der Waals surface area contributed by atoms with E-state index < -0.39 is 17.8 Å². The first kappa shape index (κ1) is 27.8. The molecule has 3 aromatic rings. The Labute approximate surface area is 221 Å². The van der Waals surface area contributed by atoms with Gasteiger partial charge in [0.15, 0.2) is 11.5 Å². The van der Waals surface area contributed by atoms with Crippen molar-refractivity contribution in [3.05, 3.63) is 47.3 Å². The number of rotatable bonds is 9. The monoisotopic (exact) mass is 531 g/mol. The Morgan fingerprint density at radius 3 is 2.37 bits per heavy atom. The smallest absolute Gasteiger partial charge is 0.416 e. The summed E-state index contributed by atoms with van der Waals surface area (Å²) < 4.78 is 52.3. The molecule has 0 spiro atoms. The number of nitrogens with one attached hydrogen (secondary N) is 1. The van der Waals surface area contributed by atoms with E-state index >= 15 is 0 Å². The van der Waals surface area contributed by atoms with Gasteiger partial charge in [-0.15, -0.1) is 0 Å². The lowest BCUT2D eigenvalue weighted by molar-refractivity contribution is -0.137. The number of aryl methyl sites for hydroxylation is 1. The zero-order chi connectivity index (χ0) is 27.8. The fourth-order valence-corrected chi connectivity index (χ4v) is 5.26. The van der Waals surface area contributed by atoms with Gasteiger partial charge in [0, 0.05) is 29.1 Å². The maximum absolute atomic E-state index is 13.4. The zero-order valence-electron chi connectivity index (χ0n) is 22.7. The number of nitrogens with zero attached hydrogens (tertiary/aromatic N) is 3. The minimum absolute atomic E-state index is 0.0456. The average molecular weight is 532 g/mol. The number of nitrogens with two attached hydrogens (primary N) is 1. The normalized spacial score (nSPS) is 16.7. The molecule has 1 heterocycles. The molecule has 2 atom stereocenters. The molecule has 4 rings (SSSR count). The van der Waals surface area contributed by atoms with E-state index in [4.69, 9.17) is 15.2 Å². The number of ether oxygens (including phenoxy) is 2. The Kier molecular flexibility index (Phi) is 7.65.